The molecule has 0 fully saturated rings. The zero-order valence-corrected chi connectivity index (χ0v) is 9.77. The lowest BCUT2D eigenvalue weighted by molar-refractivity contribution is 0.0697. The van der Waals surface area contributed by atoms with Crippen LogP contribution in [0.25, 0.3) is 0 Å². The molecular formula is C12H19NO3. The van der Waals surface area contributed by atoms with Crippen molar-refractivity contribution in [2.45, 2.75) is 20.4 Å². The first-order valence-corrected chi connectivity index (χ1v) is 5.25. The van der Waals surface area contributed by atoms with Crippen LogP contribution < -0.4 is 5.73 Å². The molecule has 90 valence electrons. The summed E-state index contributed by atoms with van der Waals surface area (Å²) in [5, 5.41) is 8.52. The molecule has 0 saturated heterocycles. The summed E-state index contributed by atoms with van der Waals surface area (Å²) in [5.74, 6) is -0.909. The van der Waals surface area contributed by atoms with Gasteiger partial charge < -0.3 is 15.6 Å². The Morgan fingerprint density at radius 1 is 1.25 bits per heavy atom. The zero-order valence-electron chi connectivity index (χ0n) is 9.77. The van der Waals surface area contributed by atoms with E-state index < -0.39 is 5.97 Å². The van der Waals surface area contributed by atoms with E-state index >= 15 is 0 Å². The molecule has 1 aromatic carbocycles. The summed E-state index contributed by atoms with van der Waals surface area (Å²) in [4.78, 5) is 10.4. The van der Waals surface area contributed by atoms with E-state index in [9.17, 15) is 4.79 Å². The molecular weight excluding hydrogens is 206 g/mol. The van der Waals surface area contributed by atoms with Gasteiger partial charge in [-0.05, 0) is 31.5 Å². The molecule has 0 saturated carbocycles. The summed E-state index contributed by atoms with van der Waals surface area (Å²) in [7, 11) is 0. The van der Waals surface area contributed by atoms with Gasteiger partial charge in [0.25, 0.3) is 0 Å². The van der Waals surface area contributed by atoms with Gasteiger partial charge in [0, 0.05) is 19.8 Å². The van der Waals surface area contributed by atoms with Gasteiger partial charge in [-0.1, -0.05) is 12.1 Å². The first kappa shape index (κ1) is 14.6. The molecule has 0 bridgehead atoms. The number of hydrogen-bond donors (Lipinski definition) is 2. The van der Waals surface area contributed by atoms with E-state index in [4.69, 9.17) is 15.6 Å². The summed E-state index contributed by atoms with van der Waals surface area (Å²) >= 11 is 0. The number of ether oxygens (including phenoxy) is 1. The van der Waals surface area contributed by atoms with Gasteiger partial charge in [0.05, 0.1) is 5.56 Å². The van der Waals surface area contributed by atoms with E-state index in [0.29, 0.717) is 12.1 Å². The quantitative estimate of drug-likeness (QED) is 0.820. The van der Waals surface area contributed by atoms with Crippen LogP contribution in [-0.2, 0) is 11.3 Å². The Labute approximate surface area is 96.0 Å². The standard InChI is InChI=1S/C8H9NO2.C4H10O/c9-5-6-1-3-7(4-2-6)8(10)11;1-3-5-4-2/h1-4H,5,9H2,(H,10,11);3-4H2,1-2H3. The molecule has 16 heavy (non-hydrogen) atoms. The largest absolute Gasteiger partial charge is 0.478 e. The second-order valence-corrected chi connectivity index (χ2v) is 2.99. The minimum absolute atomic E-state index is 0.294. The van der Waals surface area contributed by atoms with Crippen LogP contribution in [0.1, 0.15) is 29.8 Å². The van der Waals surface area contributed by atoms with Gasteiger partial charge in [-0.2, -0.15) is 0 Å². The van der Waals surface area contributed by atoms with Crippen molar-refractivity contribution in [1.82, 2.24) is 0 Å². The summed E-state index contributed by atoms with van der Waals surface area (Å²) in [5.41, 5.74) is 6.56. The van der Waals surface area contributed by atoms with Gasteiger partial charge in [0.15, 0.2) is 0 Å². The predicted molar refractivity (Wildman–Crippen MR) is 63.5 cm³/mol. The van der Waals surface area contributed by atoms with Crippen molar-refractivity contribution in [3.8, 4) is 0 Å². The predicted octanol–water partition coefficient (Wildman–Crippen LogP) is 1.89. The van der Waals surface area contributed by atoms with E-state index in [0.717, 1.165) is 18.8 Å². The van der Waals surface area contributed by atoms with Crippen molar-refractivity contribution in [2.75, 3.05) is 13.2 Å². The maximum atomic E-state index is 10.4. The van der Waals surface area contributed by atoms with Gasteiger partial charge in [0.1, 0.15) is 0 Å². The third kappa shape index (κ3) is 6.16. The Morgan fingerprint density at radius 3 is 2.00 bits per heavy atom. The average molecular weight is 225 g/mol. The highest BCUT2D eigenvalue weighted by Gasteiger charge is 1.99. The molecule has 3 N–H and O–H groups in total. The smallest absolute Gasteiger partial charge is 0.335 e. The van der Waals surface area contributed by atoms with Crippen molar-refractivity contribution in [1.29, 1.82) is 0 Å². The number of hydrogen-bond acceptors (Lipinski definition) is 3. The van der Waals surface area contributed by atoms with Crippen LogP contribution in [0.3, 0.4) is 0 Å². The van der Waals surface area contributed by atoms with Crippen molar-refractivity contribution < 1.29 is 14.6 Å². The topological polar surface area (TPSA) is 72.5 Å². The molecule has 0 radical (unpaired) electrons. The lowest BCUT2D eigenvalue weighted by Gasteiger charge is -1.96. The average Bonchev–Trinajstić information content (AvgIpc) is 2.31. The molecule has 1 rings (SSSR count). The van der Waals surface area contributed by atoms with Crippen LogP contribution in [-0.4, -0.2) is 24.3 Å². The summed E-state index contributed by atoms with van der Waals surface area (Å²) in [6, 6.07) is 6.52. The number of carbonyl (C=O) groups is 1. The van der Waals surface area contributed by atoms with Crippen LogP contribution >= 0.6 is 0 Å². The molecule has 0 aliphatic carbocycles. The minimum Gasteiger partial charge on any atom is -0.478 e. The maximum Gasteiger partial charge on any atom is 0.335 e. The Morgan fingerprint density at radius 2 is 1.75 bits per heavy atom. The van der Waals surface area contributed by atoms with E-state index in [2.05, 4.69) is 0 Å². The highest BCUT2D eigenvalue weighted by atomic mass is 16.5. The normalized spacial score (nSPS) is 9.19. The lowest BCUT2D eigenvalue weighted by atomic mass is 10.1. The number of carboxylic acid groups (broad SMARTS) is 1. The number of rotatable bonds is 4. The Bertz CT molecular complexity index is 294. The number of nitrogens with two attached hydrogens (primary N) is 1. The maximum absolute atomic E-state index is 10.4. The Hall–Kier alpha value is -1.39. The second kappa shape index (κ2) is 8.88. The molecule has 0 unspecified atom stereocenters. The fourth-order valence-electron chi connectivity index (χ4n) is 0.988. The first-order valence-electron chi connectivity index (χ1n) is 5.25. The molecule has 0 aliphatic rings. The van der Waals surface area contributed by atoms with Gasteiger partial charge in [-0.25, -0.2) is 4.79 Å². The summed E-state index contributed by atoms with van der Waals surface area (Å²) < 4.78 is 4.83. The monoisotopic (exact) mass is 225 g/mol. The van der Waals surface area contributed by atoms with Crippen molar-refractivity contribution in [2.24, 2.45) is 5.73 Å². The van der Waals surface area contributed by atoms with E-state index in [-0.39, 0.29) is 0 Å². The third-order valence-corrected chi connectivity index (χ3v) is 1.84. The molecule has 4 heteroatoms. The number of benzene rings is 1. The molecule has 0 aromatic heterocycles. The fourth-order valence-corrected chi connectivity index (χ4v) is 0.988. The van der Waals surface area contributed by atoms with Crippen LogP contribution in [0.2, 0.25) is 0 Å². The Balaban J connectivity index is 0.000000385. The van der Waals surface area contributed by atoms with Gasteiger partial charge >= 0.3 is 5.97 Å². The van der Waals surface area contributed by atoms with Crippen LogP contribution in [0.15, 0.2) is 24.3 Å². The van der Waals surface area contributed by atoms with Crippen molar-refractivity contribution in [3.05, 3.63) is 35.4 Å². The van der Waals surface area contributed by atoms with E-state index in [1.54, 1.807) is 24.3 Å². The van der Waals surface area contributed by atoms with Crippen molar-refractivity contribution >= 4 is 5.97 Å². The zero-order chi connectivity index (χ0) is 12.4. The molecule has 0 atom stereocenters. The first-order chi connectivity index (χ1) is 7.65. The SMILES string of the molecule is CCOCC.NCc1ccc(C(=O)O)cc1. The molecule has 0 aliphatic heterocycles. The Kier molecular flexibility index (Phi) is 8.11. The molecule has 4 nitrogen and oxygen atoms in total. The van der Waals surface area contributed by atoms with Gasteiger partial charge in [-0.15, -0.1) is 0 Å². The fraction of sp³-hybridized carbons (Fsp3) is 0.417. The number of aromatic carboxylic acids is 1. The van der Waals surface area contributed by atoms with Gasteiger partial charge in [-0.3, -0.25) is 0 Å². The minimum atomic E-state index is -0.909. The van der Waals surface area contributed by atoms with E-state index in [1.165, 1.54) is 0 Å². The van der Waals surface area contributed by atoms with E-state index in [1.807, 2.05) is 13.8 Å². The highest BCUT2D eigenvalue weighted by molar-refractivity contribution is 5.87. The summed E-state index contributed by atoms with van der Waals surface area (Å²) in [6.45, 7) is 6.11. The number of carboxylic acids is 1. The molecule has 1 aromatic rings. The van der Waals surface area contributed by atoms with Crippen LogP contribution in [0.4, 0.5) is 0 Å². The summed E-state index contributed by atoms with van der Waals surface area (Å²) in [6.07, 6.45) is 0. The van der Waals surface area contributed by atoms with Crippen LogP contribution in [0.5, 0.6) is 0 Å². The van der Waals surface area contributed by atoms with Crippen molar-refractivity contribution in [3.63, 3.8) is 0 Å². The van der Waals surface area contributed by atoms with Crippen LogP contribution in [0, 0.1) is 0 Å². The lowest BCUT2D eigenvalue weighted by Crippen LogP contribution is -1.99. The molecule has 0 amide bonds. The highest BCUT2D eigenvalue weighted by Crippen LogP contribution is 2.02. The third-order valence-electron chi connectivity index (χ3n) is 1.84. The molecule has 0 spiro atoms. The second-order valence-electron chi connectivity index (χ2n) is 2.99. The molecule has 0 heterocycles. The van der Waals surface area contributed by atoms with Gasteiger partial charge in [0.2, 0.25) is 0 Å².